The molecule has 0 atom stereocenters. The third-order valence-corrected chi connectivity index (χ3v) is 5.89. The van der Waals surface area contributed by atoms with Gasteiger partial charge in [-0.3, -0.25) is 0 Å². The van der Waals surface area contributed by atoms with Gasteiger partial charge < -0.3 is 9.97 Å². The van der Waals surface area contributed by atoms with E-state index in [2.05, 4.69) is 71.6 Å². The molecular weight excluding hydrogens is 257 g/mol. The van der Waals surface area contributed by atoms with Gasteiger partial charge in [0.1, 0.15) is 0 Å². The number of benzene rings is 1. The van der Waals surface area contributed by atoms with Crippen LogP contribution in [0.5, 0.6) is 0 Å². The van der Waals surface area contributed by atoms with E-state index in [1.54, 1.807) is 0 Å². The molecule has 1 aromatic carbocycles. The first-order valence-electron chi connectivity index (χ1n) is 7.83. The van der Waals surface area contributed by atoms with Gasteiger partial charge in [-0.05, 0) is 42.7 Å². The minimum absolute atomic E-state index is 0.00291. The summed E-state index contributed by atoms with van der Waals surface area (Å²) in [4.78, 5) is 0. The molecule has 0 unspecified atom stereocenters. The van der Waals surface area contributed by atoms with Crippen LogP contribution in [0, 0.1) is 5.41 Å². The molecule has 2 aliphatic rings. The van der Waals surface area contributed by atoms with E-state index in [4.69, 9.17) is 4.65 Å². The zero-order valence-electron chi connectivity index (χ0n) is 14.1. The van der Waals surface area contributed by atoms with E-state index in [1.807, 2.05) is 0 Å². The fraction of sp³-hybridized carbons (Fsp3) is 0.556. The summed E-state index contributed by atoms with van der Waals surface area (Å²) in [5.74, 6) is 0. The Bertz CT molecular complexity index is 600. The van der Waals surface area contributed by atoms with Crippen LogP contribution in [0.1, 0.15) is 47.1 Å². The number of anilines is 1. The minimum atomic E-state index is -0.0903. The van der Waals surface area contributed by atoms with Crippen LogP contribution in [0.15, 0.2) is 30.5 Å². The van der Waals surface area contributed by atoms with Gasteiger partial charge in [-0.2, -0.15) is 0 Å². The number of rotatable bonds is 1. The molecule has 1 aromatic rings. The van der Waals surface area contributed by atoms with E-state index in [0.717, 1.165) is 12.0 Å². The maximum atomic E-state index is 6.34. The molecule has 1 N–H and O–H groups in total. The minimum Gasteiger partial charge on any atom is -0.426 e. The number of nitrogens with one attached hydrogen (secondary N) is 1. The van der Waals surface area contributed by atoms with Crippen LogP contribution < -0.4 is 10.8 Å². The number of hydrogen-bond donors (Lipinski definition) is 1. The third kappa shape index (κ3) is 2.05. The number of allylic oxidation sites excluding steroid dienone is 1. The Morgan fingerprint density at radius 3 is 2.38 bits per heavy atom. The molecule has 112 valence electrons. The van der Waals surface area contributed by atoms with Crippen molar-refractivity contribution in [1.29, 1.82) is 0 Å². The van der Waals surface area contributed by atoms with Crippen LogP contribution in [0.2, 0.25) is 6.32 Å². The van der Waals surface area contributed by atoms with Crippen molar-refractivity contribution in [2.24, 2.45) is 5.41 Å². The van der Waals surface area contributed by atoms with Crippen LogP contribution >= 0.6 is 0 Å². The standard InChI is InChI=1S/C18H26BNO/c1-12-17(4,5)14-9-8-13(10-15(14)20-12)19-11-16(2,3)18(6,7)21-19/h8-10,20H,1,11H2,2-7H3. The summed E-state index contributed by atoms with van der Waals surface area (Å²) >= 11 is 0. The first kappa shape index (κ1) is 14.7. The van der Waals surface area contributed by atoms with Crippen molar-refractivity contribution < 1.29 is 4.65 Å². The first-order valence-corrected chi connectivity index (χ1v) is 7.83. The van der Waals surface area contributed by atoms with Crippen molar-refractivity contribution in [3.63, 3.8) is 0 Å². The van der Waals surface area contributed by atoms with E-state index >= 15 is 0 Å². The van der Waals surface area contributed by atoms with Gasteiger partial charge in [0.25, 0.3) is 0 Å². The maximum Gasteiger partial charge on any atom is 0.328 e. The lowest BCUT2D eigenvalue weighted by molar-refractivity contribution is 0.0375. The Balaban J connectivity index is 1.94. The summed E-state index contributed by atoms with van der Waals surface area (Å²) in [6, 6.07) is 6.71. The lowest BCUT2D eigenvalue weighted by atomic mass is 9.54. The summed E-state index contributed by atoms with van der Waals surface area (Å²) < 4.78 is 6.34. The van der Waals surface area contributed by atoms with E-state index in [1.165, 1.54) is 16.7 Å². The van der Waals surface area contributed by atoms with E-state index < -0.39 is 0 Å². The molecule has 0 bridgehead atoms. The van der Waals surface area contributed by atoms with Gasteiger partial charge in [0, 0.05) is 16.8 Å². The van der Waals surface area contributed by atoms with Crippen molar-refractivity contribution in [3.05, 3.63) is 36.0 Å². The average Bonchev–Trinajstić information content (AvgIpc) is 2.70. The van der Waals surface area contributed by atoms with Crippen LogP contribution in [-0.2, 0) is 10.1 Å². The SMILES string of the molecule is C=C1Nc2cc(B3CC(C)(C)C(C)(C)O3)ccc2C1(C)C. The molecule has 2 nitrogen and oxygen atoms in total. The highest BCUT2D eigenvalue weighted by Crippen LogP contribution is 2.46. The summed E-state index contributed by atoms with van der Waals surface area (Å²) in [6.07, 6.45) is 1.06. The predicted octanol–water partition coefficient (Wildman–Crippen LogP) is 3.94. The van der Waals surface area contributed by atoms with Gasteiger partial charge in [0.2, 0.25) is 0 Å². The lowest BCUT2D eigenvalue weighted by Gasteiger charge is -2.34. The maximum absolute atomic E-state index is 6.34. The molecule has 2 aliphatic heterocycles. The van der Waals surface area contributed by atoms with E-state index in [9.17, 15) is 0 Å². The number of fused-ring (bicyclic) bond motifs is 1. The quantitative estimate of drug-likeness (QED) is 0.788. The van der Waals surface area contributed by atoms with Gasteiger partial charge in [-0.1, -0.05) is 46.4 Å². The summed E-state index contributed by atoms with van der Waals surface area (Å²) in [6.45, 7) is 17.7. The van der Waals surface area contributed by atoms with E-state index in [-0.39, 0.29) is 23.3 Å². The van der Waals surface area contributed by atoms with Crippen molar-refractivity contribution >= 4 is 18.1 Å². The lowest BCUT2D eigenvalue weighted by Crippen LogP contribution is -2.36. The molecular formula is C18H26BNO. The van der Waals surface area contributed by atoms with Gasteiger partial charge in [-0.15, -0.1) is 0 Å². The monoisotopic (exact) mass is 283 g/mol. The normalized spacial score (nSPS) is 24.9. The molecule has 1 saturated heterocycles. The summed E-state index contributed by atoms with van der Waals surface area (Å²) in [5, 5.41) is 3.44. The van der Waals surface area contributed by atoms with Gasteiger partial charge in [0.05, 0.1) is 5.60 Å². The third-order valence-electron chi connectivity index (χ3n) is 5.89. The molecule has 0 aliphatic carbocycles. The highest BCUT2D eigenvalue weighted by atomic mass is 16.5. The second-order valence-corrected chi connectivity index (χ2v) is 8.24. The molecule has 0 amide bonds. The number of hydrogen-bond acceptors (Lipinski definition) is 2. The Morgan fingerprint density at radius 1 is 1.14 bits per heavy atom. The first-order chi connectivity index (χ1) is 9.54. The van der Waals surface area contributed by atoms with Crippen LogP contribution in [0.3, 0.4) is 0 Å². The van der Waals surface area contributed by atoms with Crippen LogP contribution in [-0.4, -0.2) is 12.5 Å². The van der Waals surface area contributed by atoms with Gasteiger partial charge >= 0.3 is 6.92 Å². The summed E-state index contributed by atoms with van der Waals surface area (Å²) in [5.41, 5.74) is 4.96. The fourth-order valence-electron chi connectivity index (χ4n) is 3.34. The second-order valence-electron chi connectivity index (χ2n) is 8.24. The molecule has 1 fully saturated rings. The highest BCUT2D eigenvalue weighted by Gasteiger charge is 2.50. The average molecular weight is 283 g/mol. The van der Waals surface area contributed by atoms with Crippen LogP contribution in [0.4, 0.5) is 5.69 Å². The molecule has 0 radical (unpaired) electrons. The zero-order valence-corrected chi connectivity index (χ0v) is 14.1. The zero-order chi connectivity index (χ0) is 15.6. The Labute approximate surface area is 129 Å². The molecule has 3 rings (SSSR count). The molecule has 21 heavy (non-hydrogen) atoms. The summed E-state index contributed by atoms with van der Waals surface area (Å²) in [7, 11) is 0. The molecule has 3 heteroatoms. The molecule has 0 spiro atoms. The van der Waals surface area contributed by atoms with Gasteiger partial charge in [0.15, 0.2) is 0 Å². The van der Waals surface area contributed by atoms with Crippen molar-refractivity contribution in [1.82, 2.24) is 0 Å². The fourth-order valence-corrected chi connectivity index (χ4v) is 3.34. The van der Waals surface area contributed by atoms with Crippen molar-refractivity contribution in [3.8, 4) is 0 Å². The Morgan fingerprint density at radius 2 is 1.81 bits per heavy atom. The smallest absolute Gasteiger partial charge is 0.328 e. The topological polar surface area (TPSA) is 21.3 Å². The Kier molecular flexibility index (Phi) is 2.92. The molecule has 0 saturated carbocycles. The van der Waals surface area contributed by atoms with Gasteiger partial charge in [-0.25, -0.2) is 0 Å². The molecule has 2 heterocycles. The van der Waals surface area contributed by atoms with Crippen LogP contribution in [0.25, 0.3) is 0 Å². The van der Waals surface area contributed by atoms with Crippen molar-refractivity contribution in [2.75, 3.05) is 5.32 Å². The molecule has 0 aromatic heterocycles. The van der Waals surface area contributed by atoms with Crippen molar-refractivity contribution in [2.45, 2.75) is 58.9 Å². The largest absolute Gasteiger partial charge is 0.426 e. The van der Waals surface area contributed by atoms with E-state index in [0.29, 0.717) is 0 Å². The second kappa shape index (κ2) is 4.16. The predicted molar refractivity (Wildman–Crippen MR) is 91.4 cm³/mol. The highest BCUT2D eigenvalue weighted by molar-refractivity contribution is 6.68. The Hall–Kier alpha value is -1.22.